The molecule has 0 atom stereocenters. The van der Waals surface area contributed by atoms with Gasteiger partial charge in [-0.2, -0.15) is 0 Å². The standard InChI is InChI=1S/C12H12O2/c1-8-3-4-10-7-14-12(13)6-9(2)11(10)5-8/h3-6H,7H2,1-2H3. The molecule has 1 aromatic carbocycles. The largest absolute Gasteiger partial charge is 0.458 e. The second-order valence-electron chi connectivity index (χ2n) is 3.60. The van der Waals surface area contributed by atoms with Gasteiger partial charge in [0.1, 0.15) is 6.61 Å². The van der Waals surface area contributed by atoms with E-state index in [2.05, 4.69) is 6.07 Å². The number of hydrogen-bond donors (Lipinski definition) is 0. The fraction of sp³-hybridized carbons (Fsp3) is 0.250. The summed E-state index contributed by atoms with van der Waals surface area (Å²) in [5.74, 6) is -0.253. The zero-order valence-electron chi connectivity index (χ0n) is 8.33. The Morgan fingerprint density at radius 2 is 2.07 bits per heavy atom. The van der Waals surface area contributed by atoms with Crippen molar-refractivity contribution in [2.24, 2.45) is 0 Å². The zero-order chi connectivity index (χ0) is 10.1. The van der Waals surface area contributed by atoms with Gasteiger partial charge in [0, 0.05) is 6.08 Å². The van der Waals surface area contributed by atoms with Gasteiger partial charge in [-0.25, -0.2) is 4.79 Å². The molecule has 72 valence electrons. The number of esters is 1. The highest BCUT2D eigenvalue weighted by atomic mass is 16.5. The molecule has 2 rings (SSSR count). The summed E-state index contributed by atoms with van der Waals surface area (Å²) in [6.45, 7) is 4.36. The number of benzene rings is 1. The summed E-state index contributed by atoms with van der Waals surface area (Å²) < 4.78 is 5.02. The van der Waals surface area contributed by atoms with Gasteiger partial charge in [0.25, 0.3) is 0 Å². The summed E-state index contributed by atoms with van der Waals surface area (Å²) in [6.07, 6.45) is 1.55. The quantitative estimate of drug-likeness (QED) is 0.584. The van der Waals surface area contributed by atoms with Gasteiger partial charge >= 0.3 is 5.97 Å². The molecule has 0 aliphatic carbocycles. The third-order valence-electron chi connectivity index (χ3n) is 2.39. The highest BCUT2D eigenvalue weighted by molar-refractivity contribution is 5.92. The lowest BCUT2D eigenvalue weighted by atomic mass is 9.99. The van der Waals surface area contributed by atoms with Crippen molar-refractivity contribution in [2.45, 2.75) is 20.5 Å². The van der Waals surface area contributed by atoms with E-state index >= 15 is 0 Å². The molecule has 14 heavy (non-hydrogen) atoms. The van der Waals surface area contributed by atoms with E-state index in [0.717, 1.165) is 16.7 Å². The summed E-state index contributed by atoms with van der Waals surface area (Å²) in [5, 5.41) is 0. The molecular weight excluding hydrogens is 176 g/mol. The summed E-state index contributed by atoms with van der Waals surface area (Å²) in [5.41, 5.74) is 4.38. The second kappa shape index (κ2) is 3.29. The molecular formula is C12H12O2. The number of rotatable bonds is 0. The van der Waals surface area contributed by atoms with Crippen molar-refractivity contribution in [3.8, 4) is 0 Å². The number of allylic oxidation sites excluding steroid dienone is 1. The van der Waals surface area contributed by atoms with E-state index in [0.29, 0.717) is 6.61 Å². The van der Waals surface area contributed by atoms with Crippen molar-refractivity contribution < 1.29 is 9.53 Å². The van der Waals surface area contributed by atoms with Gasteiger partial charge in [-0.15, -0.1) is 0 Å². The van der Waals surface area contributed by atoms with E-state index in [4.69, 9.17) is 4.74 Å². The van der Waals surface area contributed by atoms with Gasteiger partial charge in [0.2, 0.25) is 0 Å². The van der Waals surface area contributed by atoms with E-state index in [1.54, 1.807) is 6.08 Å². The number of hydrogen-bond acceptors (Lipinski definition) is 2. The molecule has 0 unspecified atom stereocenters. The molecule has 0 N–H and O–H groups in total. The minimum atomic E-state index is -0.253. The summed E-state index contributed by atoms with van der Waals surface area (Å²) in [4.78, 5) is 11.1. The fourth-order valence-electron chi connectivity index (χ4n) is 1.63. The van der Waals surface area contributed by atoms with Crippen molar-refractivity contribution in [1.29, 1.82) is 0 Å². The van der Waals surface area contributed by atoms with Gasteiger partial charge in [0.15, 0.2) is 0 Å². The average molecular weight is 188 g/mol. The molecule has 2 heteroatoms. The molecule has 0 saturated carbocycles. The molecule has 2 nitrogen and oxygen atoms in total. The first-order valence-electron chi connectivity index (χ1n) is 4.62. The van der Waals surface area contributed by atoms with Crippen LogP contribution in [0.15, 0.2) is 24.3 Å². The molecule has 0 bridgehead atoms. The van der Waals surface area contributed by atoms with E-state index in [9.17, 15) is 4.79 Å². The normalized spacial score (nSPS) is 15.3. The maximum absolute atomic E-state index is 11.1. The van der Waals surface area contributed by atoms with Crippen LogP contribution >= 0.6 is 0 Å². The smallest absolute Gasteiger partial charge is 0.331 e. The SMILES string of the molecule is CC1=CC(=O)OCc2ccc(C)cc21. The monoisotopic (exact) mass is 188 g/mol. The van der Waals surface area contributed by atoms with Crippen LogP contribution in [0.1, 0.15) is 23.6 Å². The van der Waals surface area contributed by atoms with Crippen molar-refractivity contribution in [3.05, 3.63) is 41.0 Å². The lowest BCUT2D eigenvalue weighted by molar-refractivity contribution is -0.138. The Morgan fingerprint density at radius 1 is 1.29 bits per heavy atom. The Morgan fingerprint density at radius 3 is 2.86 bits per heavy atom. The van der Waals surface area contributed by atoms with Crippen molar-refractivity contribution >= 4 is 11.5 Å². The first kappa shape index (κ1) is 9.00. The van der Waals surface area contributed by atoms with Gasteiger partial charge in [0.05, 0.1) is 0 Å². The number of carbonyl (C=O) groups excluding carboxylic acids is 1. The van der Waals surface area contributed by atoms with Crippen LogP contribution in [0.25, 0.3) is 5.57 Å². The van der Waals surface area contributed by atoms with Crippen LogP contribution in [0.4, 0.5) is 0 Å². The number of ether oxygens (including phenoxy) is 1. The molecule has 0 aromatic heterocycles. The maximum Gasteiger partial charge on any atom is 0.331 e. The number of fused-ring (bicyclic) bond motifs is 1. The number of cyclic esters (lactones) is 1. The Kier molecular flexibility index (Phi) is 2.12. The molecule has 0 radical (unpaired) electrons. The van der Waals surface area contributed by atoms with E-state index in [-0.39, 0.29) is 5.97 Å². The average Bonchev–Trinajstić information content (AvgIpc) is 2.27. The molecule has 0 saturated heterocycles. The van der Waals surface area contributed by atoms with Crippen LogP contribution in [0.5, 0.6) is 0 Å². The summed E-state index contributed by atoms with van der Waals surface area (Å²) >= 11 is 0. The predicted octanol–water partition coefficient (Wildman–Crippen LogP) is 2.46. The van der Waals surface area contributed by atoms with Crippen LogP contribution in [0.3, 0.4) is 0 Å². The van der Waals surface area contributed by atoms with Crippen molar-refractivity contribution in [1.82, 2.24) is 0 Å². The second-order valence-corrected chi connectivity index (χ2v) is 3.60. The summed E-state index contributed by atoms with van der Waals surface area (Å²) in [6, 6.07) is 6.13. The Bertz CT molecular complexity index is 416. The molecule has 1 aromatic rings. The molecule has 1 aliphatic heterocycles. The Balaban J connectivity index is 2.56. The maximum atomic E-state index is 11.1. The van der Waals surface area contributed by atoms with Gasteiger partial charge < -0.3 is 4.74 Å². The number of carbonyl (C=O) groups is 1. The van der Waals surface area contributed by atoms with Crippen LogP contribution in [-0.2, 0) is 16.1 Å². The third-order valence-corrected chi connectivity index (χ3v) is 2.39. The zero-order valence-corrected chi connectivity index (χ0v) is 8.33. The third kappa shape index (κ3) is 1.55. The fourth-order valence-corrected chi connectivity index (χ4v) is 1.63. The summed E-state index contributed by atoms with van der Waals surface area (Å²) in [7, 11) is 0. The highest BCUT2D eigenvalue weighted by Crippen LogP contribution is 2.23. The molecule has 0 spiro atoms. The minimum Gasteiger partial charge on any atom is -0.458 e. The number of aryl methyl sites for hydroxylation is 1. The first-order valence-corrected chi connectivity index (χ1v) is 4.62. The van der Waals surface area contributed by atoms with Crippen LogP contribution in [0.2, 0.25) is 0 Å². The van der Waals surface area contributed by atoms with Crippen LogP contribution in [0, 0.1) is 6.92 Å². The van der Waals surface area contributed by atoms with E-state index < -0.39 is 0 Å². The van der Waals surface area contributed by atoms with Crippen molar-refractivity contribution in [3.63, 3.8) is 0 Å². The molecule has 0 fully saturated rings. The van der Waals surface area contributed by atoms with Crippen LogP contribution < -0.4 is 0 Å². The van der Waals surface area contributed by atoms with Gasteiger partial charge in [-0.05, 0) is 30.5 Å². The molecule has 1 heterocycles. The lowest BCUT2D eigenvalue weighted by Crippen LogP contribution is -1.98. The molecule has 1 aliphatic rings. The van der Waals surface area contributed by atoms with Gasteiger partial charge in [-0.1, -0.05) is 23.8 Å². The minimum absolute atomic E-state index is 0.253. The first-order chi connectivity index (χ1) is 6.66. The Labute approximate surface area is 83.2 Å². The van der Waals surface area contributed by atoms with E-state index in [1.807, 2.05) is 26.0 Å². The van der Waals surface area contributed by atoms with Crippen LogP contribution in [-0.4, -0.2) is 5.97 Å². The Hall–Kier alpha value is -1.57. The lowest BCUT2D eigenvalue weighted by Gasteiger charge is -2.06. The topological polar surface area (TPSA) is 26.3 Å². The van der Waals surface area contributed by atoms with Crippen molar-refractivity contribution in [2.75, 3.05) is 0 Å². The van der Waals surface area contributed by atoms with E-state index in [1.165, 1.54) is 5.56 Å². The molecule has 0 amide bonds. The highest BCUT2D eigenvalue weighted by Gasteiger charge is 2.12. The van der Waals surface area contributed by atoms with Gasteiger partial charge in [-0.3, -0.25) is 0 Å². The predicted molar refractivity (Wildman–Crippen MR) is 54.6 cm³/mol.